The lowest BCUT2D eigenvalue weighted by atomic mass is 9.99. The lowest BCUT2D eigenvalue weighted by Crippen LogP contribution is -2.28. The molecule has 1 aliphatic rings. The molecule has 7 nitrogen and oxygen atoms in total. The van der Waals surface area contributed by atoms with E-state index in [0.29, 0.717) is 35.8 Å². The largest absolute Gasteiger partial charge is 0.496 e. The monoisotopic (exact) mass is 526 g/mol. The summed E-state index contributed by atoms with van der Waals surface area (Å²) < 4.78 is 20.7. The number of hydrogen-bond acceptors (Lipinski definition) is 6. The van der Waals surface area contributed by atoms with E-state index in [1.165, 1.54) is 12.1 Å². The summed E-state index contributed by atoms with van der Waals surface area (Å²) in [5.74, 6) is 0.417. The average molecular weight is 527 g/mol. The SMILES string of the molecule is COc1ccnc(N)c1-c1ccc(CC(=O)c2cn(Cc3ccc(F)cc3)cc(CN3CCCC3)c2=O)cc1. The number of nitrogen functional groups attached to an aromatic ring is 1. The molecule has 0 amide bonds. The molecule has 0 bridgehead atoms. The molecule has 4 aromatic rings. The van der Waals surface area contributed by atoms with Gasteiger partial charge < -0.3 is 15.0 Å². The zero-order valence-corrected chi connectivity index (χ0v) is 21.9. The standard InChI is InChI=1S/C31H31FN4O3/c1-39-28-12-13-34-31(33)29(28)23-8-4-21(5-9-23)16-27(37)26-20-36(17-22-6-10-25(32)11-7-22)19-24(30(26)38)18-35-14-2-3-15-35/h4-13,19-20H,2-3,14-18H2,1H3,(H2,33,34). The number of anilines is 1. The second-order valence-corrected chi connectivity index (χ2v) is 9.88. The smallest absolute Gasteiger partial charge is 0.196 e. The first-order valence-corrected chi connectivity index (χ1v) is 13.0. The number of carbonyl (C=O) groups is 1. The van der Waals surface area contributed by atoms with Crippen molar-refractivity contribution in [1.82, 2.24) is 14.5 Å². The van der Waals surface area contributed by atoms with Gasteiger partial charge >= 0.3 is 0 Å². The Balaban J connectivity index is 1.42. The first-order chi connectivity index (χ1) is 18.9. The van der Waals surface area contributed by atoms with Crippen LogP contribution in [0, 0.1) is 5.82 Å². The Hall–Kier alpha value is -4.30. The maximum Gasteiger partial charge on any atom is 0.196 e. The van der Waals surface area contributed by atoms with Crippen LogP contribution in [0.25, 0.3) is 11.1 Å². The summed E-state index contributed by atoms with van der Waals surface area (Å²) in [4.78, 5) is 33.3. The molecule has 39 heavy (non-hydrogen) atoms. The molecule has 1 aliphatic heterocycles. The topological polar surface area (TPSA) is 90.5 Å². The van der Waals surface area contributed by atoms with E-state index in [1.807, 2.05) is 35.0 Å². The summed E-state index contributed by atoms with van der Waals surface area (Å²) in [6, 6.07) is 15.4. The Labute approximate surface area is 226 Å². The molecule has 2 aromatic carbocycles. The van der Waals surface area contributed by atoms with Gasteiger partial charge in [0, 0.05) is 43.7 Å². The third-order valence-electron chi connectivity index (χ3n) is 7.09. The molecule has 0 spiro atoms. The van der Waals surface area contributed by atoms with Gasteiger partial charge in [0.15, 0.2) is 11.2 Å². The second-order valence-electron chi connectivity index (χ2n) is 9.88. The van der Waals surface area contributed by atoms with Crippen molar-refractivity contribution in [2.75, 3.05) is 25.9 Å². The van der Waals surface area contributed by atoms with E-state index in [-0.39, 0.29) is 29.0 Å². The van der Waals surface area contributed by atoms with Crippen molar-refractivity contribution < 1.29 is 13.9 Å². The fourth-order valence-corrected chi connectivity index (χ4v) is 5.07. The molecule has 2 N–H and O–H groups in total. The fraction of sp³-hybridized carbons (Fsp3) is 0.258. The maximum absolute atomic E-state index is 13.5. The highest BCUT2D eigenvalue weighted by Gasteiger charge is 2.20. The van der Waals surface area contributed by atoms with Gasteiger partial charge in [-0.2, -0.15) is 0 Å². The summed E-state index contributed by atoms with van der Waals surface area (Å²) in [6.45, 7) is 2.81. The van der Waals surface area contributed by atoms with Crippen LogP contribution < -0.4 is 15.9 Å². The number of carbonyl (C=O) groups excluding carboxylic acids is 1. The fourth-order valence-electron chi connectivity index (χ4n) is 5.07. The van der Waals surface area contributed by atoms with Gasteiger partial charge in [-0.3, -0.25) is 14.5 Å². The molecular weight excluding hydrogens is 495 g/mol. The molecule has 5 rings (SSSR count). The highest BCUT2D eigenvalue weighted by molar-refractivity contribution is 5.97. The van der Waals surface area contributed by atoms with Crippen LogP contribution >= 0.6 is 0 Å². The van der Waals surface area contributed by atoms with Gasteiger partial charge in [-0.1, -0.05) is 36.4 Å². The van der Waals surface area contributed by atoms with Crippen LogP contribution in [-0.4, -0.2) is 40.4 Å². The quantitative estimate of drug-likeness (QED) is 0.318. The zero-order valence-electron chi connectivity index (χ0n) is 21.9. The van der Waals surface area contributed by atoms with Crippen molar-refractivity contribution in [2.24, 2.45) is 0 Å². The van der Waals surface area contributed by atoms with Crippen LogP contribution in [0.15, 0.2) is 78.0 Å². The predicted octanol–water partition coefficient (Wildman–Crippen LogP) is 4.71. The number of ether oxygens (including phenoxy) is 1. The number of Topliss-reactive ketones (excluding diaryl/α,β-unsaturated/α-hetero) is 1. The number of aromatic nitrogens is 2. The molecule has 1 saturated heterocycles. The van der Waals surface area contributed by atoms with Crippen LogP contribution in [0.3, 0.4) is 0 Å². The number of rotatable bonds is 9. The molecule has 3 heterocycles. The second kappa shape index (κ2) is 11.6. The van der Waals surface area contributed by atoms with Crippen molar-refractivity contribution in [2.45, 2.75) is 32.4 Å². The first kappa shape index (κ1) is 26.3. The summed E-state index contributed by atoms with van der Waals surface area (Å²) in [6.07, 6.45) is 7.33. The minimum absolute atomic E-state index is 0.0822. The normalized spacial score (nSPS) is 13.5. The lowest BCUT2D eigenvalue weighted by Gasteiger charge is -2.17. The van der Waals surface area contributed by atoms with Crippen molar-refractivity contribution >= 4 is 11.6 Å². The number of halogens is 1. The molecule has 0 unspecified atom stereocenters. The number of hydrogen-bond donors (Lipinski definition) is 1. The Morgan fingerprint density at radius 1 is 0.974 bits per heavy atom. The Morgan fingerprint density at radius 3 is 2.36 bits per heavy atom. The van der Waals surface area contributed by atoms with E-state index in [4.69, 9.17) is 10.5 Å². The van der Waals surface area contributed by atoms with Crippen LogP contribution in [0.1, 0.15) is 39.9 Å². The van der Waals surface area contributed by atoms with Gasteiger partial charge in [-0.05, 0) is 60.8 Å². The Bertz CT molecular complexity index is 1530. The van der Waals surface area contributed by atoms with Crippen LogP contribution in [0.2, 0.25) is 0 Å². The molecule has 0 atom stereocenters. The van der Waals surface area contributed by atoms with E-state index < -0.39 is 0 Å². The Morgan fingerprint density at radius 2 is 1.67 bits per heavy atom. The van der Waals surface area contributed by atoms with Gasteiger partial charge in [-0.25, -0.2) is 9.37 Å². The lowest BCUT2D eigenvalue weighted by molar-refractivity contribution is 0.0991. The van der Waals surface area contributed by atoms with Gasteiger partial charge in [0.05, 0.1) is 18.2 Å². The number of likely N-dealkylation sites (tertiary alicyclic amines) is 1. The van der Waals surface area contributed by atoms with Crippen molar-refractivity contribution in [1.29, 1.82) is 0 Å². The molecule has 200 valence electrons. The van der Waals surface area contributed by atoms with Crippen molar-refractivity contribution in [3.05, 3.63) is 111 Å². The van der Waals surface area contributed by atoms with E-state index in [2.05, 4.69) is 9.88 Å². The maximum atomic E-state index is 13.5. The minimum atomic E-state index is -0.306. The minimum Gasteiger partial charge on any atom is -0.496 e. The van der Waals surface area contributed by atoms with E-state index >= 15 is 0 Å². The molecule has 8 heteroatoms. The molecule has 0 aliphatic carbocycles. The van der Waals surface area contributed by atoms with Gasteiger partial charge in [0.2, 0.25) is 0 Å². The highest BCUT2D eigenvalue weighted by Crippen LogP contribution is 2.33. The van der Waals surface area contributed by atoms with Gasteiger partial charge in [-0.15, -0.1) is 0 Å². The number of nitrogens with two attached hydrogens (primary N) is 1. The third kappa shape index (κ3) is 6.07. The average Bonchev–Trinajstić information content (AvgIpc) is 3.45. The van der Waals surface area contributed by atoms with Crippen molar-refractivity contribution in [3.8, 4) is 16.9 Å². The van der Waals surface area contributed by atoms with Crippen LogP contribution in [0.4, 0.5) is 10.2 Å². The number of methoxy groups -OCH3 is 1. The summed E-state index contributed by atoms with van der Waals surface area (Å²) in [5, 5.41) is 0. The number of benzene rings is 2. The molecular formula is C31H31FN4O3. The van der Waals surface area contributed by atoms with Crippen LogP contribution in [0.5, 0.6) is 5.75 Å². The molecule has 0 saturated carbocycles. The number of ketones is 1. The molecule has 0 radical (unpaired) electrons. The molecule has 1 fully saturated rings. The van der Waals surface area contributed by atoms with Crippen LogP contribution in [-0.2, 0) is 19.5 Å². The van der Waals surface area contributed by atoms with E-state index in [0.717, 1.165) is 42.6 Å². The molecule has 2 aromatic heterocycles. The van der Waals surface area contributed by atoms with Gasteiger partial charge in [0.1, 0.15) is 17.4 Å². The first-order valence-electron chi connectivity index (χ1n) is 13.0. The Kier molecular flexibility index (Phi) is 7.84. The highest BCUT2D eigenvalue weighted by atomic mass is 19.1. The van der Waals surface area contributed by atoms with Crippen molar-refractivity contribution in [3.63, 3.8) is 0 Å². The summed E-state index contributed by atoms with van der Waals surface area (Å²) >= 11 is 0. The van der Waals surface area contributed by atoms with Gasteiger partial charge in [0.25, 0.3) is 0 Å². The number of nitrogens with zero attached hydrogens (tertiary/aromatic N) is 3. The summed E-state index contributed by atoms with van der Waals surface area (Å²) in [5.41, 5.74) is 9.79. The summed E-state index contributed by atoms with van der Waals surface area (Å²) in [7, 11) is 1.58. The van der Waals surface area contributed by atoms with E-state index in [1.54, 1.807) is 37.7 Å². The third-order valence-corrected chi connectivity index (χ3v) is 7.09. The zero-order chi connectivity index (χ0) is 27.4. The number of pyridine rings is 2. The predicted molar refractivity (Wildman–Crippen MR) is 149 cm³/mol. The van der Waals surface area contributed by atoms with E-state index in [9.17, 15) is 14.0 Å².